The number of rotatable bonds is 6. The average Bonchev–Trinajstić information content (AvgIpc) is 3.02. The molecule has 4 heterocycles. The summed E-state index contributed by atoms with van der Waals surface area (Å²) in [4.78, 5) is 39.1. The molecule has 0 saturated carbocycles. The third kappa shape index (κ3) is 12.1. The van der Waals surface area contributed by atoms with Gasteiger partial charge in [0.15, 0.2) is 0 Å². The minimum Gasteiger partial charge on any atom is -0.466 e. The maximum absolute atomic E-state index is 13.2. The van der Waals surface area contributed by atoms with Crippen LogP contribution in [0.3, 0.4) is 0 Å². The minimum atomic E-state index is -0.475. The third-order valence-corrected chi connectivity index (χ3v) is 8.74. The molecular formula is C35H51NO9. The fourth-order valence-corrected chi connectivity index (χ4v) is 6.34. The average molecular weight is 630 g/mol. The number of hydrogen-bond donors (Lipinski definition) is 0. The molecule has 0 aromatic heterocycles. The first-order chi connectivity index (χ1) is 21.8. The number of fused-ring (bicyclic) bond motifs is 4. The number of carbonyl (C=O) groups excluding carboxylic acids is 3. The molecule has 250 valence electrons. The smallest absolute Gasteiger partial charge is 0.409 e. The molecule has 7 unspecified atom stereocenters. The Labute approximate surface area is 267 Å². The first-order valence-electron chi connectivity index (χ1n) is 16.6. The molecule has 4 aliphatic rings. The van der Waals surface area contributed by atoms with Crippen molar-refractivity contribution in [3.8, 4) is 0 Å². The van der Waals surface area contributed by atoms with Crippen LogP contribution in [0.2, 0.25) is 0 Å². The van der Waals surface area contributed by atoms with Crippen LogP contribution in [-0.2, 0) is 38.0 Å². The molecule has 7 atom stereocenters. The van der Waals surface area contributed by atoms with Crippen LogP contribution >= 0.6 is 0 Å². The summed E-state index contributed by atoms with van der Waals surface area (Å²) >= 11 is 0. The summed E-state index contributed by atoms with van der Waals surface area (Å²) in [5, 5.41) is 0. The fourth-order valence-electron chi connectivity index (χ4n) is 6.34. The van der Waals surface area contributed by atoms with E-state index in [0.29, 0.717) is 51.5 Å². The van der Waals surface area contributed by atoms with Crippen LogP contribution in [0, 0.1) is 11.8 Å². The SMILES string of the molecule is COC(=O)/C=C1\CC2CC(=O)OC(/C=C/C=C\CCOC(=O)N3CCOCC3)C(C)/C=C/C(C)CC3CCCC(CC(C1)O2)O3. The molecule has 3 saturated heterocycles. The quantitative estimate of drug-likeness (QED) is 0.0944. The van der Waals surface area contributed by atoms with E-state index in [1.54, 1.807) is 4.90 Å². The maximum atomic E-state index is 13.2. The van der Waals surface area contributed by atoms with E-state index in [1.165, 1.54) is 13.2 Å². The summed E-state index contributed by atoms with van der Waals surface area (Å²) in [5.41, 5.74) is 0.923. The summed E-state index contributed by atoms with van der Waals surface area (Å²) in [6, 6.07) is 0. The zero-order valence-electron chi connectivity index (χ0n) is 27.1. The van der Waals surface area contributed by atoms with E-state index in [0.717, 1.165) is 37.7 Å². The van der Waals surface area contributed by atoms with Gasteiger partial charge in [0.1, 0.15) is 6.10 Å². The lowest BCUT2D eigenvalue weighted by Crippen LogP contribution is -2.41. The first-order valence-corrected chi connectivity index (χ1v) is 16.6. The lowest BCUT2D eigenvalue weighted by molar-refractivity contribution is -0.154. The summed E-state index contributed by atoms with van der Waals surface area (Å²) in [6.45, 7) is 6.71. The van der Waals surface area contributed by atoms with Gasteiger partial charge < -0.3 is 33.3 Å². The van der Waals surface area contributed by atoms with Gasteiger partial charge in [-0.15, -0.1) is 0 Å². The van der Waals surface area contributed by atoms with E-state index >= 15 is 0 Å². The molecule has 10 heteroatoms. The van der Waals surface area contributed by atoms with Crippen molar-refractivity contribution in [1.82, 2.24) is 4.90 Å². The number of esters is 2. The van der Waals surface area contributed by atoms with E-state index in [9.17, 15) is 14.4 Å². The predicted octanol–water partition coefficient (Wildman–Crippen LogP) is 5.47. The zero-order valence-corrected chi connectivity index (χ0v) is 27.1. The minimum absolute atomic E-state index is 0.0572. The Bertz CT molecular complexity index is 1090. The zero-order chi connectivity index (χ0) is 32.0. The van der Waals surface area contributed by atoms with Gasteiger partial charge in [-0.1, -0.05) is 49.8 Å². The van der Waals surface area contributed by atoms with Gasteiger partial charge in [-0.3, -0.25) is 4.79 Å². The van der Waals surface area contributed by atoms with Crippen molar-refractivity contribution in [3.05, 3.63) is 48.1 Å². The molecule has 0 N–H and O–H groups in total. The van der Waals surface area contributed by atoms with Gasteiger partial charge in [0.05, 0.1) is 57.8 Å². The van der Waals surface area contributed by atoms with Gasteiger partial charge in [-0.25, -0.2) is 9.59 Å². The Morgan fingerprint density at radius 2 is 1.69 bits per heavy atom. The molecule has 0 radical (unpaired) electrons. The standard InChI is InChI=1S/C35H51NO9/c1-25-12-13-26(2)32(11-6-4-5-7-16-42-35(39)36-14-17-41-18-15-36)45-34(38)24-31-21-27(22-33(37)40-3)20-30(44-31)23-29-10-8-9-28(19-25)43-29/h4-6,11-13,22,25-26,28-32H,7-10,14-21,23-24H2,1-3H3/b5-4-,11-6+,13-12+,27-22-. The van der Waals surface area contributed by atoms with E-state index in [-0.39, 0.29) is 49.3 Å². The van der Waals surface area contributed by atoms with Crippen molar-refractivity contribution in [2.45, 2.75) is 102 Å². The Balaban J connectivity index is 1.40. The Hall–Kier alpha value is -2.95. The van der Waals surface area contributed by atoms with Crippen LogP contribution in [0.5, 0.6) is 0 Å². The fraction of sp³-hybridized carbons (Fsp3) is 0.686. The van der Waals surface area contributed by atoms with Gasteiger partial charge in [-0.2, -0.15) is 0 Å². The van der Waals surface area contributed by atoms with Crippen LogP contribution < -0.4 is 0 Å². The van der Waals surface area contributed by atoms with E-state index in [2.05, 4.69) is 19.1 Å². The molecule has 10 nitrogen and oxygen atoms in total. The van der Waals surface area contributed by atoms with E-state index in [4.69, 9.17) is 28.4 Å². The van der Waals surface area contributed by atoms with Gasteiger partial charge in [0.2, 0.25) is 0 Å². The van der Waals surface area contributed by atoms with E-state index < -0.39 is 18.2 Å². The van der Waals surface area contributed by atoms with Crippen LogP contribution in [0.25, 0.3) is 0 Å². The summed E-state index contributed by atoms with van der Waals surface area (Å²) in [6.07, 6.45) is 19.0. The number of carbonyl (C=O) groups is 3. The second-order valence-electron chi connectivity index (χ2n) is 12.6. The highest BCUT2D eigenvalue weighted by molar-refractivity contribution is 5.82. The van der Waals surface area contributed by atoms with Crippen molar-refractivity contribution in [3.63, 3.8) is 0 Å². The number of methoxy groups -OCH3 is 1. The number of hydrogen-bond acceptors (Lipinski definition) is 9. The lowest BCUT2D eigenvalue weighted by atomic mass is 9.89. The highest BCUT2D eigenvalue weighted by atomic mass is 16.6. The topological polar surface area (TPSA) is 110 Å². The Morgan fingerprint density at radius 3 is 2.47 bits per heavy atom. The molecule has 0 aromatic carbocycles. The molecule has 4 rings (SSSR count). The molecule has 0 spiro atoms. The molecular weight excluding hydrogens is 578 g/mol. The third-order valence-electron chi connectivity index (χ3n) is 8.74. The van der Waals surface area contributed by atoms with Crippen LogP contribution in [0.4, 0.5) is 4.79 Å². The highest BCUT2D eigenvalue weighted by Gasteiger charge is 2.33. The van der Waals surface area contributed by atoms with Crippen molar-refractivity contribution in [1.29, 1.82) is 0 Å². The number of cyclic esters (lactones) is 1. The van der Waals surface area contributed by atoms with E-state index in [1.807, 2.05) is 31.2 Å². The maximum Gasteiger partial charge on any atom is 0.409 e. The van der Waals surface area contributed by atoms with Crippen molar-refractivity contribution in [2.75, 3.05) is 40.0 Å². The van der Waals surface area contributed by atoms with Gasteiger partial charge >= 0.3 is 18.0 Å². The number of nitrogens with zero attached hydrogens (tertiary/aromatic N) is 1. The van der Waals surface area contributed by atoms with Crippen LogP contribution in [0.15, 0.2) is 48.1 Å². The molecule has 1 amide bonds. The predicted molar refractivity (Wildman–Crippen MR) is 168 cm³/mol. The summed E-state index contributed by atoms with van der Waals surface area (Å²) in [5.74, 6) is -0.486. The monoisotopic (exact) mass is 629 g/mol. The van der Waals surface area contributed by atoms with Crippen molar-refractivity contribution < 1.29 is 42.8 Å². The first kappa shape index (κ1) is 34.9. The van der Waals surface area contributed by atoms with Crippen molar-refractivity contribution >= 4 is 18.0 Å². The molecule has 0 aromatic rings. The molecule has 3 fully saturated rings. The lowest BCUT2D eigenvalue weighted by Gasteiger charge is -2.37. The largest absolute Gasteiger partial charge is 0.466 e. The number of allylic oxidation sites excluding steroid dienone is 3. The number of morpholine rings is 1. The van der Waals surface area contributed by atoms with Crippen LogP contribution in [0.1, 0.15) is 71.6 Å². The molecule has 4 bridgehead atoms. The molecule has 0 aliphatic carbocycles. The molecule has 45 heavy (non-hydrogen) atoms. The van der Waals surface area contributed by atoms with Crippen molar-refractivity contribution in [2.24, 2.45) is 11.8 Å². The summed E-state index contributed by atoms with van der Waals surface area (Å²) in [7, 11) is 1.37. The van der Waals surface area contributed by atoms with Gasteiger partial charge in [0.25, 0.3) is 0 Å². The highest BCUT2D eigenvalue weighted by Crippen LogP contribution is 2.33. The second kappa shape index (κ2) is 18.3. The Kier molecular flexibility index (Phi) is 14.2. The van der Waals surface area contributed by atoms with Crippen LogP contribution in [-0.4, -0.2) is 93.5 Å². The number of ether oxygens (including phenoxy) is 6. The number of amides is 1. The summed E-state index contributed by atoms with van der Waals surface area (Å²) < 4.78 is 34.4. The normalized spacial score (nSPS) is 33.6. The molecule has 4 aliphatic heterocycles. The van der Waals surface area contributed by atoms with Gasteiger partial charge in [0, 0.05) is 31.5 Å². The van der Waals surface area contributed by atoms with Gasteiger partial charge in [-0.05, 0) is 56.9 Å². The second-order valence-corrected chi connectivity index (χ2v) is 12.6. The Morgan fingerprint density at radius 1 is 0.956 bits per heavy atom.